The third-order valence-corrected chi connectivity index (χ3v) is 3.93. The summed E-state index contributed by atoms with van der Waals surface area (Å²) < 4.78 is 0. The van der Waals surface area contributed by atoms with Crippen LogP contribution >= 0.6 is 0 Å². The highest BCUT2D eigenvalue weighted by atomic mass is 16.4. The van der Waals surface area contributed by atoms with Gasteiger partial charge in [0.1, 0.15) is 0 Å². The molecule has 116 valence electrons. The van der Waals surface area contributed by atoms with Crippen LogP contribution in [-0.4, -0.2) is 54.2 Å². The Kier molecular flexibility index (Phi) is 7.36. The minimum absolute atomic E-state index is 0.00294. The van der Waals surface area contributed by atoms with Gasteiger partial charge < -0.3 is 20.6 Å². The number of carbonyl (C=O) groups is 2. The lowest BCUT2D eigenvalue weighted by molar-refractivity contribution is -0.138. The molecule has 1 aliphatic rings. The van der Waals surface area contributed by atoms with Gasteiger partial charge in [0.15, 0.2) is 0 Å². The van der Waals surface area contributed by atoms with Gasteiger partial charge in [0.2, 0.25) is 0 Å². The first-order valence-corrected chi connectivity index (χ1v) is 7.55. The van der Waals surface area contributed by atoms with Crippen molar-refractivity contribution in [2.24, 2.45) is 5.92 Å². The van der Waals surface area contributed by atoms with Crippen LogP contribution in [0.1, 0.15) is 39.5 Å². The van der Waals surface area contributed by atoms with Gasteiger partial charge in [-0.3, -0.25) is 4.79 Å². The van der Waals surface area contributed by atoms with E-state index < -0.39 is 5.97 Å². The van der Waals surface area contributed by atoms with Crippen molar-refractivity contribution in [3.63, 3.8) is 0 Å². The van der Waals surface area contributed by atoms with Crippen LogP contribution in [-0.2, 0) is 4.79 Å². The number of amides is 2. The number of rotatable bonds is 7. The van der Waals surface area contributed by atoms with E-state index >= 15 is 0 Å². The SMILES string of the molecule is CCC(CNC(=O)N(CC)C1CCNCC1)CC(=O)O. The van der Waals surface area contributed by atoms with Gasteiger partial charge in [-0.15, -0.1) is 0 Å². The Balaban J connectivity index is 2.43. The third-order valence-electron chi connectivity index (χ3n) is 3.93. The van der Waals surface area contributed by atoms with Crippen molar-refractivity contribution in [1.29, 1.82) is 0 Å². The Morgan fingerprint density at radius 3 is 2.50 bits per heavy atom. The molecule has 0 bridgehead atoms. The van der Waals surface area contributed by atoms with Gasteiger partial charge in [0.05, 0.1) is 0 Å². The molecule has 3 N–H and O–H groups in total. The van der Waals surface area contributed by atoms with Gasteiger partial charge in [-0.05, 0) is 38.8 Å². The topological polar surface area (TPSA) is 81.7 Å². The molecule has 1 fully saturated rings. The lowest BCUT2D eigenvalue weighted by Gasteiger charge is -2.34. The fourth-order valence-corrected chi connectivity index (χ4v) is 2.63. The molecule has 20 heavy (non-hydrogen) atoms. The zero-order valence-electron chi connectivity index (χ0n) is 12.5. The maximum absolute atomic E-state index is 12.2. The summed E-state index contributed by atoms with van der Waals surface area (Å²) in [5.74, 6) is -0.806. The second-order valence-electron chi connectivity index (χ2n) is 5.33. The fraction of sp³-hybridized carbons (Fsp3) is 0.857. The third kappa shape index (κ3) is 5.36. The Labute approximate surface area is 120 Å². The minimum Gasteiger partial charge on any atom is -0.481 e. The van der Waals surface area contributed by atoms with Crippen molar-refractivity contribution in [3.8, 4) is 0 Å². The molecule has 0 aliphatic carbocycles. The number of aliphatic carboxylic acids is 1. The smallest absolute Gasteiger partial charge is 0.317 e. The normalized spacial score (nSPS) is 17.5. The molecular weight excluding hydrogens is 258 g/mol. The van der Waals surface area contributed by atoms with Crippen molar-refractivity contribution in [3.05, 3.63) is 0 Å². The lowest BCUT2D eigenvalue weighted by atomic mass is 10.0. The van der Waals surface area contributed by atoms with E-state index in [1.807, 2.05) is 18.7 Å². The van der Waals surface area contributed by atoms with Crippen LogP contribution in [0.4, 0.5) is 4.79 Å². The highest BCUT2D eigenvalue weighted by Crippen LogP contribution is 2.12. The summed E-state index contributed by atoms with van der Waals surface area (Å²) in [7, 11) is 0. The average Bonchev–Trinajstić information content (AvgIpc) is 2.45. The fourth-order valence-electron chi connectivity index (χ4n) is 2.63. The summed E-state index contributed by atoms with van der Waals surface area (Å²) in [6.45, 7) is 6.95. The van der Waals surface area contributed by atoms with E-state index in [1.165, 1.54) is 0 Å². The van der Waals surface area contributed by atoms with E-state index in [2.05, 4.69) is 10.6 Å². The van der Waals surface area contributed by atoms with Crippen molar-refractivity contribution >= 4 is 12.0 Å². The Hall–Kier alpha value is -1.30. The molecule has 1 heterocycles. The first-order valence-electron chi connectivity index (χ1n) is 7.55. The second kappa shape index (κ2) is 8.79. The number of hydrogen-bond acceptors (Lipinski definition) is 3. The van der Waals surface area contributed by atoms with E-state index in [-0.39, 0.29) is 18.4 Å². The number of piperidine rings is 1. The number of carbonyl (C=O) groups excluding carboxylic acids is 1. The molecule has 1 saturated heterocycles. The van der Waals surface area contributed by atoms with E-state index in [1.54, 1.807) is 0 Å². The predicted octanol–water partition coefficient (Wildman–Crippen LogP) is 1.27. The molecule has 6 heteroatoms. The van der Waals surface area contributed by atoms with Gasteiger partial charge in [0.25, 0.3) is 0 Å². The zero-order chi connectivity index (χ0) is 15.0. The maximum atomic E-state index is 12.2. The van der Waals surface area contributed by atoms with Crippen LogP contribution in [0.3, 0.4) is 0 Å². The monoisotopic (exact) mass is 285 g/mol. The largest absolute Gasteiger partial charge is 0.481 e. The molecular formula is C14H27N3O3. The van der Waals surface area contributed by atoms with Crippen molar-refractivity contribution < 1.29 is 14.7 Å². The lowest BCUT2D eigenvalue weighted by Crippen LogP contribution is -2.50. The van der Waals surface area contributed by atoms with E-state index in [4.69, 9.17) is 5.11 Å². The molecule has 0 aromatic rings. The van der Waals surface area contributed by atoms with Crippen LogP contribution < -0.4 is 10.6 Å². The molecule has 1 aliphatic heterocycles. The average molecular weight is 285 g/mol. The Bertz CT molecular complexity index is 317. The Morgan fingerprint density at radius 1 is 1.35 bits per heavy atom. The highest BCUT2D eigenvalue weighted by Gasteiger charge is 2.24. The zero-order valence-corrected chi connectivity index (χ0v) is 12.5. The molecule has 0 aromatic carbocycles. The van der Waals surface area contributed by atoms with Gasteiger partial charge in [-0.2, -0.15) is 0 Å². The standard InChI is InChI=1S/C14H27N3O3/c1-3-11(9-13(18)19)10-16-14(20)17(4-2)12-5-7-15-8-6-12/h11-12,15H,3-10H2,1-2H3,(H,16,20)(H,18,19). The maximum Gasteiger partial charge on any atom is 0.317 e. The number of nitrogens with one attached hydrogen (secondary N) is 2. The molecule has 1 rings (SSSR count). The van der Waals surface area contributed by atoms with Gasteiger partial charge >= 0.3 is 12.0 Å². The Morgan fingerprint density at radius 2 is 2.00 bits per heavy atom. The predicted molar refractivity (Wildman–Crippen MR) is 77.7 cm³/mol. The molecule has 2 amide bonds. The van der Waals surface area contributed by atoms with Gasteiger partial charge in [-0.25, -0.2) is 4.79 Å². The van der Waals surface area contributed by atoms with E-state index in [0.29, 0.717) is 19.1 Å². The van der Waals surface area contributed by atoms with E-state index in [0.717, 1.165) is 32.4 Å². The van der Waals surface area contributed by atoms with Crippen LogP contribution in [0.2, 0.25) is 0 Å². The summed E-state index contributed by atoms with van der Waals surface area (Å²) in [5, 5.41) is 15.0. The summed E-state index contributed by atoms with van der Waals surface area (Å²) in [6.07, 6.45) is 2.82. The summed E-state index contributed by atoms with van der Waals surface area (Å²) in [4.78, 5) is 24.8. The highest BCUT2D eigenvalue weighted by molar-refractivity contribution is 5.74. The van der Waals surface area contributed by atoms with Crippen molar-refractivity contribution in [2.75, 3.05) is 26.2 Å². The summed E-state index contributed by atoms with van der Waals surface area (Å²) in [6, 6.07) is 0.226. The number of carboxylic acid groups (broad SMARTS) is 1. The number of urea groups is 1. The number of carboxylic acids is 1. The minimum atomic E-state index is -0.809. The van der Waals surface area contributed by atoms with E-state index in [9.17, 15) is 9.59 Å². The molecule has 0 saturated carbocycles. The van der Waals surface area contributed by atoms with Crippen molar-refractivity contribution in [2.45, 2.75) is 45.6 Å². The summed E-state index contributed by atoms with van der Waals surface area (Å²) in [5.41, 5.74) is 0. The first-order chi connectivity index (χ1) is 9.58. The van der Waals surface area contributed by atoms with Crippen LogP contribution in [0, 0.1) is 5.92 Å². The van der Waals surface area contributed by atoms with Crippen LogP contribution in [0.25, 0.3) is 0 Å². The number of nitrogens with zero attached hydrogens (tertiary/aromatic N) is 1. The molecule has 0 radical (unpaired) electrons. The van der Waals surface area contributed by atoms with Gasteiger partial charge in [-0.1, -0.05) is 13.3 Å². The second-order valence-corrected chi connectivity index (χ2v) is 5.33. The number of hydrogen-bond donors (Lipinski definition) is 3. The van der Waals surface area contributed by atoms with Crippen LogP contribution in [0.5, 0.6) is 0 Å². The molecule has 0 spiro atoms. The molecule has 1 unspecified atom stereocenters. The first kappa shape index (κ1) is 16.8. The van der Waals surface area contributed by atoms with Crippen molar-refractivity contribution in [1.82, 2.24) is 15.5 Å². The summed E-state index contributed by atoms with van der Waals surface area (Å²) >= 11 is 0. The molecule has 1 atom stereocenters. The van der Waals surface area contributed by atoms with Crippen LogP contribution in [0.15, 0.2) is 0 Å². The molecule has 0 aromatic heterocycles. The quantitative estimate of drug-likeness (QED) is 0.658. The van der Waals surface area contributed by atoms with Gasteiger partial charge in [0, 0.05) is 25.6 Å². The molecule has 6 nitrogen and oxygen atoms in total.